The van der Waals surface area contributed by atoms with Gasteiger partial charge in [0, 0.05) is 0 Å². The maximum absolute atomic E-state index is 10.3. The van der Waals surface area contributed by atoms with Crippen LogP contribution in [-0.2, 0) is 4.79 Å². The van der Waals surface area contributed by atoms with Gasteiger partial charge in [-0.2, -0.15) is 0 Å². The van der Waals surface area contributed by atoms with Crippen LogP contribution in [0.4, 0.5) is 0 Å². The zero-order valence-electron chi connectivity index (χ0n) is 6.36. The molecule has 0 radical (unpaired) electrons. The summed E-state index contributed by atoms with van der Waals surface area (Å²) in [6.45, 7) is 3.61. The molecule has 0 saturated heterocycles. The van der Waals surface area contributed by atoms with Gasteiger partial charge in [-0.15, -0.1) is 0 Å². The molecule has 0 spiro atoms. The Morgan fingerprint density at radius 2 is 2.27 bits per heavy atom. The maximum atomic E-state index is 10.3. The third-order valence-electron chi connectivity index (χ3n) is 0.922. The predicted molar refractivity (Wildman–Crippen MR) is 55.2 cm³/mol. The molecule has 0 fully saturated rings. The molecular weight excluding hydrogens is 200 g/mol. The Bertz CT molecular complexity index is 158. The van der Waals surface area contributed by atoms with Gasteiger partial charge in [-0.3, -0.25) is 4.79 Å². The third-order valence-corrected chi connectivity index (χ3v) is 4.60. The minimum absolute atomic E-state index is 0.385. The van der Waals surface area contributed by atoms with Crippen LogP contribution in [0.2, 0.25) is 0 Å². The molecule has 0 saturated carbocycles. The quantitative estimate of drug-likeness (QED) is 0.570. The molecule has 0 heterocycles. The second-order valence-corrected chi connectivity index (χ2v) is 5.27. The number of carboxylic acids is 1. The summed E-state index contributed by atoms with van der Waals surface area (Å²) in [6, 6.07) is 0. The number of rotatable bonds is 4. The van der Waals surface area contributed by atoms with Crippen molar-refractivity contribution < 1.29 is 9.90 Å². The van der Waals surface area contributed by atoms with Crippen LogP contribution in [0.1, 0.15) is 20.3 Å². The van der Waals surface area contributed by atoms with Crippen molar-refractivity contribution in [1.82, 2.24) is 0 Å². The van der Waals surface area contributed by atoms with E-state index in [1.165, 1.54) is 21.6 Å². The molecule has 0 aliphatic heterocycles. The van der Waals surface area contributed by atoms with Crippen molar-refractivity contribution in [3.63, 3.8) is 0 Å². The van der Waals surface area contributed by atoms with E-state index in [4.69, 9.17) is 17.3 Å². The molecule has 5 heteroatoms. The molecule has 1 unspecified atom stereocenters. The lowest BCUT2D eigenvalue weighted by molar-refractivity contribution is -0.136. The van der Waals surface area contributed by atoms with Gasteiger partial charge in [-0.05, 0) is 24.1 Å². The first kappa shape index (κ1) is 11.3. The monoisotopic (exact) mass is 210 g/mol. The first-order valence-electron chi connectivity index (χ1n) is 3.17. The molecule has 0 aromatic rings. The Hall–Kier alpha value is 0.260. The average molecular weight is 210 g/mol. The molecule has 0 aliphatic carbocycles. The number of carbonyl (C=O) groups is 1. The summed E-state index contributed by atoms with van der Waals surface area (Å²) in [5, 5.41) is 8.11. The van der Waals surface area contributed by atoms with Gasteiger partial charge in [0.25, 0.3) is 0 Å². The minimum atomic E-state index is -0.790. The van der Waals surface area contributed by atoms with Crippen LogP contribution in [0.5, 0.6) is 0 Å². The Balaban J connectivity index is 3.54. The van der Waals surface area contributed by atoms with E-state index in [1.807, 2.05) is 6.92 Å². The van der Waals surface area contributed by atoms with Crippen molar-refractivity contribution in [2.24, 2.45) is 0 Å². The van der Waals surface area contributed by atoms with Gasteiger partial charge >= 0.3 is 5.97 Å². The smallest absolute Gasteiger partial charge is 0.317 e. The first-order chi connectivity index (χ1) is 5.07. The van der Waals surface area contributed by atoms with E-state index in [-0.39, 0.29) is 5.25 Å². The maximum Gasteiger partial charge on any atom is 0.317 e. The summed E-state index contributed by atoms with van der Waals surface area (Å²) in [7, 11) is 2.67. The standard InChI is InChI=1S/C6H10O2S3/c1-3-5(9)11-10-4(2)6(7)8/h4H,3H2,1-2H3,(H,7,8). The molecule has 2 nitrogen and oxygen atoms in total. The van der Waals surface area contributed by atoms with Gasteiger partial charge in [-0.25, -0.2) is 0 Å². The SMILES string of the molecule is CCC(=S)SSC(C)C(=O)O. The average Bonchev–Trinajstić information content (AvgIpc) is 1.99. The van der Waals surface area contributed by atoms with Crippen LogP contribution in [0.15, 0.2) is 0 Å². The lowest BCUT2D eigenvalue weighted by Gasteiger charge is -2.03. The second kappa shape index (κ2) is 5.85. The van der Waals surface area contributed by atoms with Crippen LogP contribution in [0.25, 0.3) is 0 Å². The van der Waals surface area contributed by atoms with Crippen molar-refractivity contribution in [2.75, 3.05) is 0 Å². The summed E-state index contributed by atoms with van der Waals surface area (Å²) in [5.74, 6) is -0.790. The molecule has 64 valence electrons. The number of carboxylic acid groups (broad SMARTS) is 1. The van der Waals surface area contributed by atoms with E-state index in [0.29, 0.717) is 0 Å². The van der Waals surface area contributed by atoms with Crippen LogP contribution in [0, 0.1) is 0 Å². The molecule has 0 aromatic carbocycles. The first-order valence-corrected chi connectivity index (χ1v) is 5.79. The number of aliphatic carboxylic acids is 1. The number of hydrogen-bond donors (Lipinski definition) is 1. The predicted octanol–water partition coefficient (Wildman–Crippen LogP) is 2.58. The zero-order valence-corrected chi connectivity index (χ0v) is 8.81. The van der Waals surface area contributed by atoms with Crippen molar-refractivity contribution in [3.05, 3.63) is 0 Å². The van der Waals surface area contributed by atoms with Gasteiger partial charge in [0.05, 0.1) is 4.20 Å². The number of thiocarbonyl (C=S) groups is 1. The molecule has 0 amide bonds. The van der Waals surface area contributed by atoms with Gasteiger partial charge in [-0.1, -0.05) is 29.9 Å². The molecule has 1 atom stereocenters. The van der Waals surface area contributed by atoms with E-state index in [2.05, 4.69) is 0 Å². The molecule has 0 aliphatic rings. The van der Waals surface area contributed by atoms with Gasteiger partial charge in [0.1, 0.15) is 5.25 Å². The summed E-state index contributed by atoms with van der Waals surface area (Å²) >= 11 is 4.91. The van der Waals surface area contributed by atoms with Crippen molar-refractivity contribution in [3.8, 4) is 0 Å². The second-order valence-electron chi connectivity index (χ2n) is 1.89. The van der Waals surface area contributed by atoms with E-state index >= 15 is 0 Å². The van der Waals surface area contributed by atoms with E-state index < -0.39 is 5.97 Å². The van der Waals surface area contributed by atoms with Crippen molar-refractivity contribution in [1.29, 1.82) is 0 Å². The summed E-state index contributed by atoms with van der Waals surface area (Å²) in [6.07, 6.45) is 0.819. The van der Waals surface area contributed by atoms with Gasteiger partial charge in [0.15, 0.2) is 0 Å². The Kier molecular flexibility index (Phi) is 5.99. The minimum Gasteiger partial charge on any atom is -0.480 e. The summed E-state index contributed by atoms with van der Waals surface area (Å²) in [4.78, 5) is 10.3. The van der Waals surface area contributed by atoms with Crippen LogP contribution in [0.3, 0.4) is 0 Å². The van der Waals surface area contributed by atoms with Gasteiger partial charge in [0.2, 0.25) is 0 Å². The lowest BCUT2D eigenvalue weighted by Crippen LogP contribution is -2.10. The van der Waals surface area contributed by atoms with Crippen molar-refractivity contribution >= 4 is 44.0 Å². The van der Waals surface area contributed by atoms with E-state index in [9.17, 15) is 4.79 Å². The fraction of sp³-hybridized carbons (Fsp3) is 0.667. The molecule has 0 rings (SSSR count). The van der Waals surface area contributed by atoms with Crippen LogP contribution < -0.4 is 0 Å². The highest BCUT2D eigenvalue weighted by Gasteiger charge is 2.11. The highest BCUT2D eigenvalue weighted by Crippen LogP contribution is 2.29. The molecule has 11 heavy (non-hydrogen) atoms. The molecule has 1 N–H and O–H groups in total. The fourth-order valence-corrected chi connectivity index (χ4v) is 2.39. The molecule has 0 bridgehead atoms. The molecule has 0 aromatic heterocycles. The molecular formula is C6H10O2S3. The van der Waals surface area contributed by atoms with Gasteiger partial charge < -0.3 is 5.11 Å². The highest BCUT2D eigenvalue weighted by molar-refractivity contribution is 8.84. The van der Waals surface area contributed by atoms with Crippen LogP contribution in [-0.4, -0.2) is 20.5 Å². The Labute approximate surface area is 79.5 Å². The summed E-state index contributed by atoms with van der Waals surface area (Å²) in [5.41, 5.74) is 0. The Morgan fingerprint density at radius 3 is 2.64 bits per heavy atom. The highest BCUT2D eigenvalue weighted by atomic mass is 33.1. The van der Waals surface area contributed by atoms with E-state index in [1.54, 1.807) is 6.92 Å². The lowest BCUT2D eigenvalue weighted by atomic mass is 10.5. The largest absolute Gasteiger partial charge is 0.480 e. The fourth-order valence-electron chi connectivity index (χ4n) is 0.226. The third kappa shape index (κ3) is 5.52. The topological polar surface area (TPSA) is 37.3 Å². The van der Waals surface area contributed by atoms with E-state index in [0.717, 1.165) is 10.6 Å². The Morgan fingerprint density at radius 1 is 1.73 bits per heavy atom. The number of hydrogen-bond acceptors (Lipinski definition) is 4. The van der Waals surface area contributed by atoms with Crippen LogP contribution >= 0.6 is 33.8 Å². The normalized spacial score (nSPS) is 12.5. The van der Waals surface area contributed by atoms with Crippen molar-refractivity contribution in [2.45, 2.75) is 25.5 Å². The zero-order chi connectivity index (χ0) is 8.85. The summed E-state index contributed by atoms with van der Waals surface area (Å²) < 4.78 is 0.850.